The highest BCUT2D eigenvalue weighted by atomic mass is 16.3. The maximum absolute atomic E-state index is 13.5. The predicted molar refractivity (Wildman–Crippen MR) is 117 cm³/mol. The van der Waals surface area contributed by atoms with Crippen molar-refractivity contribution in [1.82, 2.24) is 4.90 Å². The highest BCUT2D eigenvalue weighted by Gasteiger charge is 2.36. The fraction of sp³-hybridized carbons (Fsp3) is 0.458. The normalized spacial score (nSPS) is 16.5. The molecule has 1 aliphatic heterocycles. The zero-order chi connectivity index (χ0) is 21.0. The van der Waals surface area contributed by atoms with E-state index in [0.29, 0.717) is 12.3 Å². The third kappa shape index (κ3) is 5.10. The van der Waals surface area contributed by atoms with Crippen LogP contribution in [0.15, 0.2) is 54.6 Å². The average Bonchev–Trinajstić information content (AvgIpc) is 2.71. The molecule has 0 aromatic heterocycles. The van der Waals surface area contributed by atoms with Gasteiger partial charge in [0.1, 0.15) is 5.75 Å². The summed E-state index contributed by atoms with van der Waals surface area (Å²) in [7, 11) is 0. The lowest BCUT2D eigenvalue weighted by Crippen LogP contribution is -3.19. The van der Waals surface area contributed by atoms with Crippen molar-refractivity contribution in [3.8, 4) is 5.75 Å². The van der Waals surface area contributed by atoms with Crippen LogP contribution in [0.5, 0.6) is 5.75 Å². The van der Waals surface area contributed by atoms with E-state index in [-0.39, 0.29) is 17.5 Å². The van der Waals surface area contributed by atoms with Gasteiger partial charge in [0.25, 0.3) is 5.91 Å². The third-order valence-corrected chi connectivity index (χ3v) is 5.87. The number of piperazine rings is 1. The number of phenolic OH excluding ortho intramolecular Hbond substituents is 1. The predicted octanol–water partition coefficient (Wildman–Crippen LogP) is 2.31. The van der Waals surface area contributed by atoms with Gasteiger partial charge in [-0.2, -0.15) is 0 Å². The van der Waals surface area contributed by atoms with Crippen molar-refractivity contribution < 1.29 is 14.8 Å². The second-order valence-corrected chi connectivity index (χ2v) is 8.94. The number of hydrogen-bond acceptors (Lipinski definition) is 3. The molecule has 156 valence electrons. The second kappa shape index (κ2) is 8.87. The number of quaternary nitrogens is 1. The van der Waals surface area contributed by atoms with Gasteiger partial charge in [-0.15, -0.1) is 0 Å². The molecule has 29 heavy (non-hydrogen) atoms. The largest absolute Gasteiger partial charge is 0.506 e. The molecule has 1 atom stereocenters. The summed E-state index contributed by atoms with van der Waals surface area (Å²) in [5, 5.41) is 10.1. The minimum atomic E-state index is -0.238. The van der Waals surface area contributed by atoms with Crippen LogP contribution in [0.25, 0.3) is 0 Å². The van der Waals surface area contributed by atoms with Crippen molar-refractivity contribution in [2.24, 2.45) is 0 Å². The van der Waals surface area contributed by atoms with Crippen molar-refractivity contribution in [2.45, 2.75) is 45.8 Å². The van der Waals surface area contributed by atoms with Crippen molar-refractivity contribution >= 4 is 11.6 Å². The number of benzene rings is 2. The van der Waals surface area contributed by atoms with Gasteiger partial charge < -0.3 is 19.8 Å². The summed E-state index contributed by atoms with van der Waals surface area (Å²) in [4.78, 5) is 19.0. The number of nitrogens with one attached hydrogen (secondary N) is 1. The molecule has 0 unspecified atom stereocenters. The van der Waals surface area contributed by atoms with Gasteiger partial charge in [-0.25, -0.2) is 0 Å². The molecule has 0 aliphatic carbocycles. The van der Waals surface area contributed by atoms with E-state index in [1.54, 1.807) is 6.07 Å². The minimum absolute atomic E-state index is 0.0931. The average molecular weight is 397 g/mol. The molecule has 0 spiro atoms. The van der Waals surface area contributed by atoms with Gasteiger partial charge in [-0.1, -0.05) is 42.5 Å². The van der Waals surface area contributed by atoms with Crippen LogP contribution in [-0.2, 0) is 11.3 Å². The molecule has 1 fully saturated rings. The summed E-state index contributed by atoms with van der Waals surface area (Å²) in [5.74, 6) is 0.522. The lowest BCUT2D eigenvalue weighted by Gasteiger charge is -2.41. The summed E-state index contributed by atoms with van der Waals surface area (Å²) in [6, 6.07) is 17.6. The Balaban J connectivity index is 1.66. The highest BCUT2D eigenvalue weighted by Crippen LogP contribution is 2.26. The number of hydrogen-bond donors (Lipinski definition) is 2. The Morgan fingerprint density at radius 1 is 1.07 bits per heavy atom. The van der Waals surface area contributed by atoms with Crippen molar-refractivity contribution in [3.63, 3.8) is 0 Å². The van der Waals surface area contributed by atoms with Gasteiger partial charge in [0, 0.05) is 12.1 Å². The molecule has 2 aromatic rings. The molecule has 0 saturated carbocycles. The molecule has 1 aliphatic rings. The molecular formula is C24H34N3O2+. The first-order valence-corrected chi connectivity index (χ1v) is 10.5. The van der Waals surface area contributed by atoms with E-state index in [1.807, 2.05) is 41.3 Å². The lowest BCUT2D eigenvalue weighted by atomic mass is 10.0. The number of anilines is 1. The van der Waals surface area contributed by atoms with Crippen molar-refractivity contribution in [2.75, 3.05) is 31.1 Å². The van der Waals surface area contributed by atoms with Gasteiger partial charge in [0.05, 0.1) is 31.9 Å². The first-order chi connectivity index (χ1) is 13.8. The maximum atomic E-state index is 13.5. The quantitative estimate of drug-likeness (QED) is 0.815. The van der Waals surface area contributed by atoms with Crippen LogP contribution in [0.3, 0.4) is 0 Å². The summed E-state index contributed by atoms with van der Waals surface area (Å²) >= 11 is 0. The second-order valence-electron chi connectivity index (χ2n) is 8.94. The summed E-state index contributed by atoms with van der Waals surface area (Å²) in [6.45, 7) is 12.4. The van der Waals surface area contributed by atoms with Crippen LogP contribution in [-0.4, -0.2) is 53.7 Å². The Morgan fingerprint density at radius 3 is 2.24 bits per heavy atom. The van der Waals surface area contributed by atoms with Crippen molar-refractivity contribution in [1.29, 1.82) is 0 Å². The van der Waals surface area contributed by atoms with Crippen molar-refractivity contribution in [3.05, 3.63) is 60.2 Å². The van der Waals surface area contributed by atoms with Crippen LogP contribution in [0.2, 0.25) is 0 Å². The summed E-state index contributed by atoms with van der Waals surface area (Å²) < 4.78 is 0. The van der Waals surface area contributed by atoms with E-state index in [9.17, 15) is 9.90 Å². The maximum Gasteiger partial charge on any atom is 0.281 e. The molecule has 3 rings (SSSR count). The van der Waals surface area contributed by atoms with Crippen LogP contribution in [0, 0.1) is 0 Å². The molecule has 1 amide bonds. The molecule has 5 nitrogen and oxygen atoms in total. The third-order valence-electron chi connectivity index (χ3n) is 5.87. The number of phenols is 1. The Bertz CT molecular complexity index is 808. The van der Waals surface area contributed by atoms with Gasteiger partial charge in [-0.3, -0.25) is 4.79 Å². The van der Waals surface area contributed by atoms with E-state index in [0.717, 1.165) is 37.4 Å². The molecule has 1 heterocycles. The molecule has 1 saturated heterocycles. The number of para-hydroxylation sites is 2. The van der Waals surface area contributed by atoms with Crippen LogP contribution in [0.4, 0.5) is 5.69 Å². The molecule has 2 N–H and O–H groups in total. The Kier molecular flexibility index (Phi) is 6.48. The van der Waals surface area contributed by atoms with Gasteiger partial charge in [0.2, 0.25) is 0 Å². The first-order valence-electron chi connectivity index (χ1n) is 10.5. The SMILES string of the molecule is C[C@H](C(=O)N(Cc1ccccc1)C(C)(C)C)[NH+]1CCN(c2ccccc2O)CC1. The van der Waals surface area contributed by atoms with Crippen LogP contribution < -0.4 is 9.80 Å². The van der Waals surface area contributed by atoms with E-state index in [2.05, 4.69) is 44.7 Å². The molecule has 5 heteroatoms. The fourth-order valence-corrected chi connectivity index (χ4v) is 4.02. The number of nitrogens with zero attached hydrogens (tertiary/aromatic N) is 2. The molecule has 0 radical (unpaired) electrons. The smallest absolute Gasteiger partial charge is 0.281 e. The first kappa shape index (κ1) is 21.2. The lowest BCUT2D eigenvalue weighted by molar-refractivity contribution is -0.915. The Hall–Kier alpha value is -2.53. The van der Waals surface area contributed by atoms with Crippen LogP contribution >= 0.6 is 0 Å². The van der Waals surface area contributed by atoms with Gasteiger partial charge in [0.15, 0.2) is 6.04 Å². The Labute approximate surface area is 174 Å². The van der Waals surface area contributed by atoms with E-state index >= 15 is 0 Å². The number of aromatic hydroxyl groups is 1. The zero-order valence-corrected chi connectivity index (χ0v) is 18.1. The summed E-state index contributed by atoms with van der Waals surface area (Å²) in [5.41, 5.74) is 1.80. The van der Waals surface area contributed by atoms with Gasteiger partial charge in [-0.05, 0) is 45.4 Å². The zero-order valence-electron chi connectivity index (χ0n) is 18.1. The van der Waals surface area contributed by atoms with E-state index < -0.39 is 0 Å². The molecular weight excluding hydrogens is 362 g/mol. The Morgan fingerprint density at radius 2 is 1.66 bits per heavy atom. The highest BCUT2D eigenvalue weighted by molar-refractivity contribution is 5.81. The van der Waals surface area contributed by atoms with Gasteiger partial charge >= 0.3 is 0 Å². The number of carbonyl (C=O) groups is 1. The van der Waals surface area contributed by atoms with Crippen LogP contribution in [0.1, 0.15) is 33.3 Å². The summed E-state index contributed by atoms with van der Waals surface area (Å²) in [6.07, 6.45) is 0. The number of rotatable bonds is 5. The molecule has 2 aromatic carbocycles. The number of carbonyl (C=O) groups excluding carboxylic acids is 1. The number of amides is 1. The standard InChI is InChI=1S/C24H33N3O2/c1-19(23(29)27(24(2,3)4)18-20-10-6-5-7-11-20)25-14-16-26(17-15-25)21-12-8-9-13-22(21)28/h5-13,19,28H,14-18H2,1-4H3/p+1/t19-/m1/s1. The van der Waals surface area contributed by atoms with E-state index in [1.165, 1.54) is 4.90 Å². The molecule has 0 bridgehead atoms. The minimum Gasteiger partial charge on any atom is -0.506 e. The fourth-order valence-electron chi connectivity index (χ4n) is 4.02. The van der Waals surface area contributed by atoms with E-state index in [4.69, 9.17) is 0 Å². The monoisotopic (exact) mass is 396 g/mol. The topological polar surface area (TPSA) is 48.2 Å².